The van der Waals surface area contributed by atoms with E-state index in [4.69, 9.17) is 4.74 Å². The third-order valence-corrected chi connectivity index (χ3v) is 8.16. The molecule has 2 radical (unpaired) electrons. The van der Waals surface area contributed by atoms with E-state index in [0.29, 0.717) is 22.8 Å². The second kappa shape index (κ2) is 6.13. The predicted octanol–water partition coefficient (Wildman–Crippen LogP) is 2.09. The van der Waals surface area contributed by atoms with Crippen LogP contribution < -0.4 is 5.32 Å². The number of sulfone groups is 1. The monoisotopic (exact) mass is 405 g/mol. The van der Waals surface area contributed by atoms with Gasteiger partial charge in [0.15, 0.2) is 0 Å². The van der Waals surface area contributed by atoms with E-state index in [1.54, 1.807) is 12.1 Å². The summed E-state index contributed by atoms with van der Waals surface area (Å²) in [6.07, 6.45) is 1.55. The van der Waals surface area contributed by atoms with Gasteiger partial charge < -0.3 is 0 Å². The molecule has 3 atom stereocenters. The van der Waals surface area contributed by atoms with Crippen molar-refractivity contribution in [3.63, 3.8) is 0 Å². The molecule has 1 spiro atoms. The number of piperidine rings is 1. The first-order valence-corrected chi connectivity index (χ1v) is 10.9. The summed E-state index contributed by atoms with van der Waals surface area (Å²) in [4.78, 5) is 0.395. The first-order chi connectivity index (χ1) is 11.5. The van der Waals surface area contributed by atoms with Crippen molar-refractivity contribution in [2.45, 2.75) is 33.3 Å². The second-order valence-electron chi connectivity index (χ2n) is 6.73. The molecule has 3 unspecified atom stereocenters. The minimum absolute atomic E-state index is 0.352. The number of ether oxygens (including phenoxy) is 1. The third kappa shape index (κ3) is 2.72. The van der Waals surface area contributed by atoms with Gasteiger partial charge in [-0.05, 0) is 0 Å². The van der Waals surface area contributed by atoms with Gasteiger partial charge in [-0.25, -0.2) is 0 Å². The van der Waals surface area contributed by atoms with Crippen LogP contribution in [-0.4, -0.2) is 55.8 Å². The summed E-state index contributed by atoms with van der Waals surface area (Å²) in [5.74, 6) is 0. The Hall–Kier alpha value is -0.872. The van der Waals surface area contributed by atoms with E-state index in [9.17, 15) is 8.42 Å². The van der Waals surface area contributed by atoms with Crippen LogP contribution in [-0.2, 0) is 14.6 Å². The van der Waals surface area contributed by atoms with Crippen LogP contribution in [0.25, 0.3) is 10.8 Å². The Morgan fingerprint density at radius 2 is 1.96 bits per heavy atom. The van der Waals surface area contributed by atoms with Crippen LogP contribution in [0.5, 0.6) is 0 Å². The summed E-state index contributed by atoms with van der Waals surface area (Å²) in [5, 5.41) is 4.72. The Balaban J connectivity index is 1.77. The van der Waals surface area contributed by atoms with Gasteiger partial charge in [0.25, 0.3) is 0 Å². The van der Waals surface area contributed by atoms with Crippen molar-refractivity contribution in [1.29, 1.82) is 0 Å². The number of fused-ring (bicyclic) bond motifs is 1. The summed E-state index contributed by atoms with van der Waals surface area (Å²) in [6.45, 7) is 1.89. The van der Waals surface area contributed by atoms with Gasteiger partial charge in [0, 0.05) is 0 Å². The average molecular weight is 405 g/mol. The van der Waals surface area contributed by atoms with Gasteiger partial charge >= 0.3 is 151 Å². The number of hydrogen-bond acceptors (Lipinski definition) is 4. The SMILES string of the molecule is O=S(=O)(c1ccc2ccccc2c1)C1CNCCC12CC([As])CO2. The Kier molecular flexibility index (Phi) is 4.24. The molecule has 2 fully saturated rings. The van der Waals surface area contributed by atoms with Crippen molar-refractivity contribution in [3.05, 3.63) is 42.5 Å². The van der Waals surface area contributed by atoms with Crippen molar-refractivity contribution in [1.82, 2.24) is 5.32 Å². The topological polar surface area (TPSA) is 55.4 Å². The van der Waals surface area contributed by atoms with Gasteiger partial charge in [-0.15, -0.1) is 0 Å². The van der Waals surface area contributed by atoms with Gasteiger partial charge in [-0.3, -0.25) is 0 Å². The molecular weight excluding hydrogens is 385 g/mol. The van der Waals surface area contributed by atoms with Crippen molar-refractivity contribution >= 4 is 37.5 Å². The second-order valence-corrected chi connectivity index (χ2v) is 10.4. The summed E-state index contributed by atoms with van der Waals surface area (Å²) in [6, 6.07) is 13.3. The summed E-state index contributed by atoms with van der Waals surface area (Å²) in [5.41, 5.74) is -0.548. The molecule has 4 rings (SSSR count). The van der Waals surface area contributed by atoms with Crippen LogP contribution >= 0.6 is 0 Å². The van der Waals surface area contributed by atoms with E-state index in [1.165, 1.54) is 0 Å². The molecule has 0 saturated carbocycles. The fraction of sp³-hybridized carbons (Fsp3) is 0.444. The van der Waals surface area contributed by atoms with E-state index < -0.39 is 20.7 Å². The quantitative estimate of drug-likeness (QED) is 0.778. The van der Waals surface area contributed by atoms with Gasteiger partial charge in [-0.1, -0.05) is 0 Å². The molecule has 0 aromatic heterocycles. The fourth-order valence-electron chi connectivity index (χ4n) is 3.96. The molecule has 2 saturated heterocycles. The zero-order valence-corrected chi connectivity index (χ0v) is 16.0. The Bertz CT molecular complexity index is 865. The van der Waals surface area contributed by atoms with Crippen LogP contribution in [0.15, 0.2) is 47.4 Å². The average Bonchev–Trinajstić information content (AvgIpc) is 2.95. The molecule has 2 heterocycles. The molecule has 2 aliphatic heterocycles. The minimum atomic E-state index is -3.46. The van der Waals surface area contributed by atoms with Crippen LogP contribution in [0.2, 0.25) is 4.71 Å². The molecule has 6 heteroatoms. The molecule has 2 aliphatic rings. The predicted molar refractivity (Wildman–Crippen MR) is 95.2 cm³/mol. The van der Waals surface area contributed by atoms with Crippen molar-refractivity contribution in [2.75, 3.05) is 19.7 Å². The summed E-state index contributed by atoms with van der Waals surface area (Å²) < 4.78 is 33.2. The normalized spacial score (nSPS) is 30.9. The number of nitrogens with one attached hydrogen (secondary N) is 1. The number of rotatable bonds is 2. The molecule has 1 N–H and O–H groups in total. The molecule has 2 aromatic carbocycles. The first-order valence-electron chi connectivity index (χ1n) is 8.27. The molecule has 4 nitrogen and oxygen atoms in total. The Labute approximate surface area is 151 Å². The maximum atomic E-state index is 13.4. The van der Waals surface area contributed by atoms with Crippen molar-refractivity contribution in [2.24, 2.45) is 0 Å². The fourth-order valence-corrected chi connectivity index (χ4v) is 6.83. The number of benzene rings is 2. The van der Waals surface area contributed by atoms with Gasteiger partial charge in [0.1, 0.15) is 0 Å². The van der Waals surface area contributed by atoms with Crippen molar-refractivity contribution < 1.29 is 13.2 Å². The molecule has 0 aliphatic carbocycles. The molecule has 0 amide bonds. The molecule has 0 bridgehead atoms. The maximum absolute atomic E-state index is 13.4. The van der Waals surface area contributed by atoms with Gasteiger partial charge in [-0.2, -0.15) is 0 Å². The molecule has 2 aromatic rings. The molecular formula is C18H20AsNO3S. The van der Waals surface area contributed by atoms with Gasteiger partial charge in [0.2, 0.25) is 0 Å². The zero-order chi connectivity index (χ0) is 16.8. The molecule has 24 heavy (non-hydrogen) atoms. The van der Waals surface area contributed by atoms with Crippen LogP contribution in [0.3, 0.4) is 0 Å². The van der Waals surface area contributed by atoms with Crippen LogP contribution in [0.4, 0.5) is 0 Å². The molecule has 126 valence electrons. The van der Waals surface area contributed by atoms with E-state index in [1.807, 2.05) is 30.3 Å². The zero-order valence-electron chi connectivity index (χ0n) is 13.3. The number of hydrogen-bond donors (Lipinski definition) is 1. The van der Waals surface area contributed by atoms with Crippen molar-refractivity contribution in [3.8, 4) is 0 Å². The van der Waals surface area contributed by atoms with Crippen LogP contribution in [0, 0.1) is 0 Å². The van der Waals surface area contributed by atoms with Gasteiger partial charge in [0.05, 0.1) is 0 Å². The third-order valence-electron chi connectivity index (χ3n) is 5.21. The summed E-state index contributed by atoms with van der Waals surface area (Å²) in [7, 11) is -3.46. The standard InChI is InChI=1S/C18H20AsNO3S/c19-15-10-18(23-12-15)7-8-20-11-17(18)24(21,22)16-6-5-13-3-1-2-4-14(13)9-16/h1-6,9,15,17,20H,7-8,10-12H2. The summed E-state index contributed by atoms with van der Waals surface area (Å²) >= 11 is 2.62. The Morgan fingerprint density at radius 1 is 1.17 bits per heavy atom. The first kappa shape index (κ1) is 16.6. The van der Waals surface area contributed by atoms with Crippen LogP contribution in [0.1, 0.15) is 12.8 Å². The van der Waals surface area contributed by atoms with E-state index in [2.05, 4.69) is 22.2 Å². The van der Waals surface area contributed by atoms with E-state index in [0.717, 1.165) is 30.2 Å². The Morgan fingerprint density at radius 3 is 2.71 bits per heavy atom. The van der Waals surface area contributed by atoms with E-state index in [-0.39, 0.29) is 0 Å². The van der Waals surface area contributed by atoms with E-state index >= 15 is 0 Å².